The minimum atomic E-state index is -0.0936. The van der Waals surface area contributed by atoms with Gasteiger partial charge in [-0.25, -0.2) is 0 Å². The van der Waals surface area contributed by atoms with Crippen molar-refractivity contribution in [3.8, 4) is 5.75 Å². The van der Waals surface area contributed by atoms with Gasteiger partial charge in [-0.2, -0.15) is 0 Å². The van der Waals surface area contributed by atoms with Crippen molar-refractivity contribution in [1.29, 1.82) is 0 Å². The number of aromatic nitrogens is 1. The Kier molecular flexibility index (Phi) is 3.64. The summed E-state index contributed by atoms with van der Waals surface area (Å²) in [5.74, 6) is 2.16. The van der Waals surface area contributed by atoms with E-state index in [1.165, 1.54) is 29.5 Å². The van der Waals surface area contributed by atoms with Gasteiger partial charge in [0, 0.05) is 37.1 Å². The lowest BCUT2D eigenvalue weighted by molar-refractivity contribution is 0.137. The molecule has 0 fully saturated rings. The Balaban J connectivity index is 1.43. The number of rotatable bonds is 4. The fraction of sp³-hybridized carbons (Fsp3) is 0.526. The van der Waals surface area contributed by atoms with Gasteiger partial charge in [-0.05, 0) is 38.7 Å². The van der Waals surface area contributed by atoms with Gasteiger partial charge in [-0.15, -0.1) is 0 Å². The highest BCUT2D eigenvalue weighted by molar-refractivity contribution is 5.45. The molecule has 0 radical (unpaired) electrons. The highest BCUT2D eigenvalue weighted by Crippen LogP contribution is 2.37. The molecule has 2 heterocycles. The average Bonchev–Trinajstić information content (AvgIpc) is 3.07. The van der Waals surface area contributed by atoms with Crippen LogP contribution in [0.3, 0.4) is 0 Å². The van der Waals surface area contributed by atoms with Gasteiger partial charge in [0.05, 0.1) is 0 Å². The molecule has 23 heavy (non-hydrogen) atoms. The van der Waals surface area contributed by atoms with Gasteiger partial charge in [0.15, 0.2) is 0 Å². The molecule has 4 rings (SSSR count). The topological polar surface area (TPSA) is 47.3 Å². The van der Waals surface area contributed by atoms with Crippen LogP contribution in [-0.4, -0.2) is 10.8 Å². The van der Waals surface area contributed by atoms with E-state index in [4.69, 9.17) is 9.26 Å². The summed E-state index contributed by atoms with van der Waals surface area (Å²) < 4.78 is 11.6. The summed E-state index contributed by atoms with van der Waals surface area (Å²) in [5, 5.41) is 7.76. The minimum absolute atomic E-state index is 0.0936. The standard InChI is InChI=1S/C19H24N2O2/c1-19(2)10-13-6-5-7-14(18(13)22-19)11-20-12-16-15-8-3-4-9-17(15)23-21-16/h5-7,20H,3-4,8-12H2,1-2H3. The SMILES string of the molecule is CC1(C)Cc2cccc(CNCc3noc4c3CCCC4)c2O1. The van der Waals surface area contributed by atoms with E-state index in [-0.39, 0.29) is 5.60 Å². The van der Waals surface area contributed by atoms with Crippen LogP contribution in [0.1, 0.15) is 54.8 Å². The molecule has 2 aliphatic rings. The van der Waals surface area contributed by atoms with Crippen molar-refractivity contribution < 1.29 is 9.26 Å². The van der Waals surface area contributed by atoms with Crippen LogP contribution in [0.15, 0.2) is 22.7 Å². The molecular formula is C19H24N2O2. The predicted molar refractivity (Wildman–Crippen MR) is 88.5 cm³/mol. The van der Waals surface area contributed by atoms with E-state index in [9.17, 15) is 0 Å². The number of ether oxygens (including phenoxy) is 1. The number of para-hydroxylation sites is 1. The number of benzene rings is 1. The Morgan fingerprint density at radius 2 is 2.04 bits per heavy atom. The minimum Gasteiger partial charge on any atom is -0.487 e. The second-order valence-corrected chi connectivity index (χ2v) is 7.29. The van der Waals surface area contributed by atoms with Crippen molar-refractivity contribution in [2.45, 2.75) is 64.6 Å². The fourth-order valence-corrected chi connectivity index (χ4v) is 3.72. The van der Waals surface area contributed by atoms with E-state index in [1.807, 2.05) is 0 Å². The van der Waals surface area contributed by atoms with Gasteiger partial charge in [0.25, 0.3) is 0 Å². The van der Waals surface area contributed by atoms with E-state index >= 15 is 0 Å². The quantitative estimate of drug-likeness (QED) is 0.938. The Labute approximate surface area is 137 Å². The van der Waals surface area contributed by atoms with Crippen molar-refractivity contribution in [3.63, 3.8) is 0 Å². The molecule has 0 bridgehead atoms. The number of aryl methyl sites for hydroxylation is 1. The molecule has 0 saturated carbocycles. The molecule has 1 aromatic heterocycles. The molecule has 2 aromatic rings. The molecule has 4 heteroatoms. The third-order valence-corrected chi connectivity index (χ3v) is 4.81. The van der Waals surface area contributed by atoms with E-state index in [0.29, 0.717) is 0 Å². The van der Waals surface area contributed by atoms with Gasteiger partial charge in [-0.3, -0.25) is 0 Å². The average molecular weight is 312 g/mol. The molecule has 0 atom stereocenters. The van der Waals surface area contributed by atoms with Gasteiger partial charge >= 0.3 is 0 Å². The lowest BCUT2D eigenvalue weighted by Crippen LogP contribution is -2.25. The van der Waals surface area contributed by atoms with Crippen molar-refractivity contribution in [2.75, 3.05) is 0 Å². The summed E-state index contributed by atoms with van der Waals surface area (Å²) in [6.45, 7) is 5.84. The first-order valence-electron chi connectivity index (χ1n) is 8.59. The molecule has 0 saturated heterocycles. The first-order chi connectivity index (χ1) is 11.1. The normalized spacial score (nSPS) is 18.3. The molecule has 122 valence electrons. The van der Waals surface area contributed by atoms with Crippen molar-refractivity contribution in [3.05, 3.63) is 46.3 Å². The summed E-state index contributed by atoms with van der Waals surface area (Å²) in [5.41, 5.74) is 4.86. The van der Waals surface area contributed by atoms with E-state index < -0.39 is 0 Å². The maximum absolute atomic E-state index is 6.13. The second kappa shape index (κ2) is 5.68. The Morgan fingerprint density at radius 3 is 2.96 bits per heavy atom. The smallest absolute Gasteiger partial charge is 0.140 e. The zero-order valence-electron chi connectivity index (χ0n) is 13.9. The number of fused-ring (bicyclic) bond motifs is 2. The molecule has 0 amide bonds. The molecule has 1 N–H and O–H groups in total. The van der Waals surface area contributed by atoms with Crippen LogP contribution in [0.4, 0.5) is 0 Å². The van der Waals surface area contributed by atoms with Crippen LogP contribution in [0.5, 0.6) is 5.75 Å². The van der Waals surface area contributed by atoms with E-state index in [1.54, 1.807) is 0 Å². The van der Waals surface area contributed by atoms with E-state index in [0.717, 1.165) is 49.6 Å². The molecule has 1 aliphatic carbocycles. The summed E-state index contributed by atoms with van der Waals surface area (Å²) in [4.78, 5) is 0. The number of hydrogen-bond acceptors (Lipinski definition) is 4. The Morgan fingerprint density at radius 1 is 1.17 bits per heavy atom. The summed E-state index contributed by atoms with van der Waals surface area (Å²) >= 11 is 0. The number of nitrogens with one attached hydrogen (secondary N) is 1. The van der Waals surface area contributed by atoms with Crippen molar-refractivity contribution in [1.82, 2.24) is 10.5 Å². The van der Waals surface area contributed by atoms with Crippen LogP contribution in [0.2, 0.25) is 0 Å². The molecule has 0 spiro atoms. The van der Waals surface area contributed by atoms with Crippen LogP contribution < -0.4 is 10.1 Å². The van der Waals surface area contributed by atoms with Gasteiger partial charge in [-0.1, -0.05) is 23.4 Å². The van der Waals surface area contributed by atoms with Crippen molar-refractivity contribution in [2.24, 2.45) is 0 Å². The maximum atomic E-state index is 6.13. The molecule has 1 aliphatic heterocycles. The highest BCUT2D eigenvalue weighted by Gasteiger charge is 2.31. The van der Waals surface area contributed by atoms with Crippen LogP contribution in [-0.2, 0) is 32.4 Å². The Hall–Kier alpha value is -1.81. The van der Waals surface area contributed by atoms with Gasteiger partial charge in [0.1, 0.15) is 22.8 Å². The zero-order valence-corrected chi connectivity index (χ0v) is 13.9. The third-order valence-electron chi connectivity index (χ3n) is 4.81. The molecular weight excluding hydrogens is 288 g/mol. The first-order valence-corrected chi connectivity index (χ1v) is 8.59. The summed E-state index contributed by atoms with van der Waals surface area (Å²) in [6, 6.07) is 6.44. The Bertz CT molecular complexity index is 718. The maximum Gasteiger partial charge on any atom is 0.140 e. The fourth-order valence-electron chi connectivity index (χ4n) is 3.72. The molecule has 0 unspecified atom stereocenters. The zero-order chi connectivity index (χ0) is 15.9. The molecule has 1 aromatic carbocycles. The molecule has 4 nitrogen and oxygen atoms in total. The summed E-state index contributed by atoms with van der Waals surface area (Å²) in [6.07, 6.45) is 5.59. The highest BCUT2D eigenvalue weighted by atomic mass is 16.5. The number of hydrogen-bond donors (Lipinski definition) is 1. The number of nitrogens with zero attached hydrogens (tertiary/aromatic N) is 1. The van der Waals surface area contributed by atoms with Crippen LogP contribution >= 0.6 is 0 Å². The lowest BCUT2D eigenvalue weighted by atomic mass is 9.96. The van der Waals surface area contributed by atoms with Crippen LogP contribution in [0, 0.1) is 0 Å². The van der Waals surface area contributed by atoms with Crippen LogP contribution in [0.25, 0.3) is 0 Å². The van der Waals surface area contributed by atoms with Gasteiger partial charge in [0.2, 0.25) is 0 Å². The summed E-state index contributed by atoms with van der Waals surface area (Å²) in [7, 11) is 0. The predicted octanol–water partition coefficient (Wildman–Crippen LogP) is 3.56. The lowest BCUT2D eigenvalue weighted by Gasteiger charge is -2.18. The van der Waals surface area contributed by atoms with E-state index in [2.05, 4.69) is 42.5 Å². The van der Waals surface area contributed by atoms with Crippen molar-refractivity contribution >= 4 is 0 Å². The van der Waals surface area contributed by atoms with Gasteiger partial charge < -0.3 is 14.6 Å². The monoisotopic (exact) mass is 312 g/mol. The third kappa shape index (κ3) is 2.88. The first kappa shape index (κ1) is 14.8. The second-order valence-electron chi connectivity index (χ2n) is 7.29. The largest absolute Gasteiger partial charge is 0.487 e.